The van der Waals surface area contributed by atoms with Crippen LogP contribution in [0.15, 0.2) is 30.3 Å². The van der Waals surface area contributed by atoms with Crippen molar-refractivity contribution in [3.8, 4) is 0 Å². The lowest BCUT2D eigenvalue weighted by atomic mass is 9.88. The maximum atomic E-state index is 6.59. The Hall–Kier alpha value is -0.860. The highest BCUT2D eigenvalue weighted by Gasteiger charge is 2.48. The van der Waals surface area contributed by atoms with Crippen molar-refractivity contribution in [1.82, 2.24) is 4.90 Å². The normalized spacial score (nSPS) is 24.5. The summed E-state index contributed by atoms with van der Waals surface area (Å²) in [6.07, 6.45) is 1.25. The summed E-state index contributed by atoms with van der Waals surface area (Å²) in [5.74, 6) is 1.31. The van der Waals surface area contributed by atoms with Gasteiger partial charge in [-0.15, -0.1) is 0 Å². The first kappa shape index (κ1) is 14.5. The Bertz CT molecular complexity index is 395. The van der Waals surface area contributed by atoms with Crippen LogP contribution in [0, 0.1) is 5.92 Å². The minimum Gasteiger partial charge on any atom is -0.326 e. The third kappa shape index (κ3) is 2.85. The highest BCUT2D eigenvalue weighted by molar-refractivity contribution is 5.27. The van der Waals surface area contributed by atoms with Gasteiger partial charge in [-0.3, -0.25) is 4.90 Å². The molecule has 1 aromatic carbocycles. The molecule has 0 amide bonds. The largest absolute Gasteiger partial charge is 0.326 e. The molecule has 106 valence electrons. The Balaban J connectivity index is 2.04. The van der Waals surface area contributed by atoms with E-state index in [2.05, 4.69) is 62.9 Å². The minimum atomic E-state index is 0.0810. The average Bonchev–Trinajstić information content (AvgIpc) is 3.20. The fraction of sp³-hybridized carbons (Fsp3) is 0.647. The lowest BCUT2D eigenvalue weighted by Gasteiger charge is -2.42. The van der Waals surface area contributed by atoms with Gasteiger partial charge in [-0.05, 0) is 50.8 Å². The Morgan fingerprint density at radius 2 is 1.79 bits per heavy atom. The van der Waals surface area contributed by atoms with Crippen LogP contribution >= 0.6 is 0 Å². The van der Waals surface area contributed by atoms with Gasteiger partial charge in [-0.2, -0.15) is 0 Å². The summed E-state index contributed by atoms with van der Waals surface area (Å²) >= 11 is 0. The van der Waals surface area contributed by atoms with Crippen LogP contribution in [0.5, 0.6) is 0 Å². The summed E-state index contributed by atoms with van der Waals surface area (Å²) in [6, 6.07) is 11.1. The summed E-state index contributed by atoms with van der Waals surface area (Å²) in [5, 5.41) is 0. The average molecular weight is 260 g/mol. The van der Waals surface area contributed by atoms with Gasteiger partial charge in [0.1, 0.15) is 0 Å². The third-order valence-corrected chi connectivity index (χ3v) is 4.92. The number of hydrogen-bond donors (Lipinski definition) is 1. The van der Waals surface area contributed by atoms with E-state index < -0.39 is 0 Å². The van der Waals surface area contributed by atoms with Crippen molar-refractivity contribution in [3.05, 3.63) is 35.9 Å². The molecule has 0 spiro atoms. The van der Waals surface area contributed by atoms with E-state index in [0.29, 0.717) is 11.8 Å². The van der Waals surface area contributed by atoms with Crippen molar-refractivity contribution in [2.24, 2.45) is 11.7 Å². The molecule has 2 nitrogen and oxygen atoms in total. The van der Waals surface area contributed by atoms with Gasteiger partial charge in [-0.1, -0.05) is 44.2 Å². The standard InChI is InChI=1S/C17H28N2/c1-5-19(6-2)17(3,4)16(18)15-12-14(15)13-10-8-7-9-11-13/h7-11,14-16H,5-6,12,18H2,1-4H3. The molecule has 1 aliphatic carbocycles. The second-order valence-corrected chi connectivity index (χ2v) is 6.27. The smallest absolute Gasteiger partial charge is 0.0306 e. The van der Waals surface area contributed by atoms with Gasteiger partial charge in [0.05, 0.1) is 0 Å². The van der Waals surface area contributed by atoms with Crippen LogP contribution in [0.4, 0.5) is 0 Å². The predicted octanol–water partition coefficient (Wildman–Crippen LogP) is 3.24. The molecule has 3 unspecified atom stereocenters. The third-order valence-electron chi connectivity index (χ3n) is 4.92. The van der Waals surface area contributed by atoms with Gasteiger partial charge < -0.3 is 5.73 Å². The van der Waals surface area contributed by atoms with E-state index in [9.17, 15) is 0 Å². The Morgan fingerprint density at radius 1 is 1.21 bits per heavy atom. The van der Waals surface area contributed by atoms with Gasteiger partial charge in [-0.25, -0.2) is 0 Å². The van der Waals surface area contributed by atoms with E-state index in [-0.39, 0.29) is 11.6 Å². The fourth-order valence-corrected chi connectivity index (χ4v) is 3.47. The molecule has 0 saturated heterocycles. The van der Waals surface area contributed by atoms with Gasteiger partial charge in [0.15, 0.2) is 0 Å². The quantitative estimate of drug-likeness (QED) is 0.851. The highest BCUT2D eigenvalue weighted by Crippen LogP contribution is 2.51. The molecule has 0 aromatic heterocycles. The lowest BCUT2D eigenvalue weighted by Crippen LogP contribution is -2.57. The zero-order valence-electron chi connectivity index (χ0n) is 12.8. The number of likely N-dealkylation sites (N-methyl/N-ethyl adjacent to an activating group) is 1. The van der Waals surface area contributed by atoms with Crippen LogP contribution in [0.25, 0.3) is 0 Å². The first-order valence-corrected chi connectivity index (χ1v) is 7.57. The molecule has 3 atom stereocenters. The van der Waals surface area contributed by atoms with Crippen LogP contribution in [-0.2, 0) is 0 Å². The number of nitrogens with two attached hydrogens (primary N) is 1. The molecule has 2 rings (SSSR count). The first-order valence-electron chi connectivity index (χ1n) is 7.57. The van der Waals surface area contributed by atoms with E-state index in [4.69, 9.17) is 5.73 Å². The van der Waals surface area contributed by atoms with E-state index >= 15 is 0 Å². The highest BCUT2D eigenvalue weighted by atomic mass is 15.2. The second-order valence-electron chi connectivity index (χ2n) is 6.27. The molecule has 0 heterocycles. The van der Waals surface area contributed by atoms with E-state index in [1.807, 2.05) is 0 Å². The summed E-state index contributed by atoms with van der Waals surface area (Å²) in [6.45, 7) is 11.2. The molecule has 0 radical (unpaired) electrons. The van der Waals surface area contributed by atoms with Gasteiger partial charge in [0, 0.05) is 11.6 Å². The van der Waals surface area contributed by atoms with Gasteiger partial charge in [0.25, 0.3) is 0 Å². The summed E-state index contributed by atoms with van der Waals surface area (Å²) in [4.78, 5) is 2.48. The maximum absolute atomic E-state index is 6.59. The SMILES string of the molecule is CCN(CC)C(C)(C)C(N)C1CC1c1ccccc1. The maximum Gasteiger partial charge on any atom is 0.0306 e. The Morgan fingerprint density at radius 3 is 2.32 bits per heavy atom. The molecule has 0 bridgehead atoms. The molecule has 1 saturated carbocycles. The molecule has 1 aromatic rings. The van der Waals surface area contributed by atoms with Crippen molar-refractivity contribution in [2.75, 3.05) is 13.1 Å². The summed E-state index contributed by atoms with van der Waals surface area (Å²) < 4.78 is 0. The molecule has 1 aliphatic rings. The fourth-order valence-electron chi connectivity index (χ4n) is 3.47. The number of rotatable bonds is 6. The zero-order chi connectivity index (χ0) is 14.0. The first-order chi connectivity index (χ1) is 9.02. The van der Waals surface area contributed by atoms with Gasteiger partial charge in [0.2, 0.25) is 0 Å². The van der Waals surface area contributed by atoms with Crippen LogP contribution in [-0.4, -0.2) is 29.6 Å². The van der Waals surface area contributed by atoms with E-state index in [0.717, 1.165) is 13.1 Å². The number of nitrogens with zero attached hydrogens (tertiary/aromatic N) is 1. The molecule has 1 fully saturated rings. The number of hydrogen-bond acceptors (Lipinski definition) is 2. The van der Waals surface area contributed by atoms with Crippen molar-refractivity contribution in [3.63, 3.8) is 0 Å². The van der Waals surface area contributed by atoms with Crippen LogP contribution < -0.4 is 5.73 Å². The summed E-state index contributed by atoms with van der Waals surface area (Å²) in [7, 11) is 0. The molecule has 2 heteroatoms. The molecular formula is C17H28N2. The second kappa shape index (κ2) is 5.64. The number of benzene rings is 1. The predicted molar refractivity (Wildman–Crippen MR) is 82.3 cm³/mol. The van der Waals surface area contributed by atoms with Crippen LogP contribution in [0.3, 0.4) is 0 Å². The summed E-state index contributed by atoms with van der Waals surface area (Å²) in [5.41, 5.74) is 8.13. The minimum absolute atomic E-state index is 0.0810. The molecule has 0 aliphatic heterocycles. The Kier molecular flexibility index (Phi) is 4.32. The topological polar surface area (TPSA) is 29.3 Å². The van der Waals surface area contributed by atoms with Crippen molar-refractivity contribution >= 4 is 0 Å². The Labute approximate surface area is 118 Å². The molecule has 19 heavy (non-hydrogen) atoms. The van der Waals surface area contributed by atoms with E-state index in [1.165, 1.54) is 12.0 Å². The van der Waals surface area contributed by atoms with Crippen molar-refractivity contribution < 1.29 is 0 Å². The molecule has 2 N–H and O–H groups in total. The monoisotopic (exact) mass is 260 g/mol. The lowest BCUT2D eigenvalue weighted by molar-refractivity contribution is 0.0976. The van der Waals surface area contributed by atoms with Crippen molar-refractivity contribution in [2.45, 2.75) is 51.6 Å². The van der Waals surface area contributed by atoms with Crippen molar-refractivity contribution in [1.29, 1.82) is 0 Å². The van der Waals surface area contributed by atoms with Crippen LogP contribution in [0.1, 0.15) is 45.6 Å². The zero-order valence-corrected chi connectivity index (χ0v) is 12.8. The van der Waals surface area contributed by atoms with Crippen LogP contribution in [0.2, 0.25) is 0 Å². The van der Waals surface area contributed by atoms with Gasteiger partial charge >= 0.3 is 0 Å². The van der Waals surface area contributed by atoms with E-state index in [1.54, 1.807) is 0 Å². The molecular weight excluding hydrogens is 232 g/mol.